The zero-order chi connectivity index (χ0) is 18.9. The third kappa shape index (κ3) is 7.15. The molecule has 1 unspecified atom stereocenters. The Bertz CT molecular complexity index is 703. The zero-order valence-corrected chi connectivity index (χ0v) is 18.2. The lowest BCUT2D eigenvalue weighted by molar-refractivity contribution is -0.130. The SMILES string of the molecule is CN(CCCCCc1cc(-c2ccccc2)n[nH]1)C(=O)CC1CSCCN1.Cl. The fourth-order valence-corrected chi connectivity index (χ4v) is 4.28. The molecule has 0 bridgehead atoms. The van der Waals surface area contributed by atoms with Gasteiger partial charge in [-0.1, -0.05) is 36.8 Å². The molecule has 0 saturated carbocycles. The van der Waals surface area contributed by atoms with Crippen LogP contribution >= 0.6 is 24.2 Å². The first-order valence-electron chi connectivity index (χ1n) is 9.87. The van der Waals surface area contributed by atoms with Crippen molar-refractivity contribution >= 4 is 30.1 Å². The van der Waals surface area contributed by atoms with E-state index in [0.29, 0.717) is 12.5 Å². The van der Waals surface area contributed by atoms with E-state index in [1.165, 1.54) is 5.69 Å². The second-order valence-corrected chi connectivity index (χ2v) is 8.35. The van der Waals surface area contributed by atoms with Gasteiger partial charge in [0.2, 0.25) is 5.91 Å². The summed E-state index contributed by atoms with van der Waals surface area (Å²) in [4.78, 5) is 14.2. The smallest absolute Gasteiger partial charge is 0.223 e. The van der Waals surface area contributed by atoms with Gasteiger partial charge in [-0.15, -0.1) is 12.4 Å². The third-order valence-corrected chi connectivity index (χ3v) is 6.12. The number of thioether (sulfide) groups is 1. The Labute approximate surface area is 178 Å². The summed E-state index contributed by atoms with van der Waals surface area (Å²) in [5.41, 5.74) is 3.33. The maximum absolute atomic E-state index is 12.3. The number of rotatable bonds is 9. The quantitative estimate of drug-likeness (QED) is 0.604. The molecule has 0 spiro atoms. The lowest BCUT2D eigenvalue weighted by Gasteiger charge is -2.25. The number of nitrogens with zero attached hydrogens (tertiary/aromatic N) is 2. The van der Waals surface area contributed by atoms with Gasteiger partial charge in [-0.3, -0.25) is 9.89 Å². The van der Waals surface area contributed by atoms with E-state index in [4.69, 9.17) is 0 Å². The first-order chi connectivity index (χ1) is 13.2. The molecule has 1 atom stereocenters. The fraction of sp³-hybridized carbons (Fsp3) is 0.524. The fourth-order valence-electron chi connectivity index (χ4n) is 3.33. The maximum atomic E-state index is 12.3. The van der Waals surface area contributed by atoms with Crippen LogP contribution in [0.3, 0.4) is 0 Å². The molecular formula is C21H31ClN4OS. The van der Waals surface area contributed by atoms with Crippen LogP contribution < -0.4 is 5.32 Å². The molecule has 1 amide bonds. The molecule has 0 radical (unpaired) electrons. The minimum Gasteiger partial charge on any atom is -0.346 e. The Morgan fingerprint density at radius 1 is 1.25 bits per heavy atom. The second-order valence-electron chi connectivity index (χ2n) is 7.20. The van der Waals surface area contributed by atoms with Gasteiger partial charge in [0.1, 0.15) is 0 Å². The van der Waals surface area contributed by atoms with Gasteiger partial charge in [-0.25, -0.2) is 0 Å². The highest BCUT2D eigenvalue weighted by Gasteiger charge is 2.18. The lowest BCUT2D eigenvalue weighted by Crippen LogP contribution is -2.41. The van der Waals surface area contributed by atoms with E-state index in [1.807, 2.05) is 41.9 Å². The minimum absolute atomic E-state index is 0. The number of carbonyl (C=O) groups excluding carboxylic acids is 1. The van der Waals surface area contributed by atoms with Gasteiger partial charge in [-0.05, 0) is 25.3 Å². The minimum atomic E-state index is 0. The predicted molar refractivity (Wildman–Crippen MR) is 120 cm³/mol. The van der Waals surface area contributed by atoms with E-state index in [1.54, 1.807) is 0 Å². The van der Waals surface area contributed by atoms with E-state index in [9.17, 15) is 4.79 Å². The van der Waals surface area contributed by atoms with E-state index in [0.717, 1.165) is 61.5 Å². The number of carbonyl (C=O) groups is 1. The molecular weight excluding hydrogens is 392 g/mol. The molecule has 5 nitrogen and oxygen atoms in total. The predicted octanol–water partition coefficient (Wildman–Crippen LogP) is 3.76. The number of amides is 1. The molecule has 3 rings (SSSR count). The maximum Gasteiger partial charge on any atom is 0.223 e. The molecule has 1 aromatic carbocycles. The summed E-state index contributed by atoms with van der Waals surface area (Å²) in [7, 11) is 1.93. The van der Waals surface area contributed by atoms with Gasteiger partial charge in [-0.2, -0.15) is 16.9 Å². The second kappa shape index (κ2) is 12.1. The molecule has 154 valence electrons. The number of hydrogen-bond acceptors (Lipinski definition) is 4. The average molecular weight is 423 g/mol. The number of hydrogen-bond donors (Lipinski definition) is 2. The van der Waals surface area contributed by atoms with Crippen molar-refractivity contribution in [3.8, 4) is 11.3 Å². The molecule has 1 aliphatic rings. The van der Waals surface area contributed by atoms with Gasteiger partial charge < -0.3 is 10.2 Å². The largest absolute Gasteiger partial charge is 0.346 e. The summed E-state index contributed by atoms with van der Waals surface area (Å²) < 4.78 is 0. The third-order valence-electron chi connectivity index (χ3n) is 4.99. The van der Waals surface area contributed by atoms with Crippen LogP contribution in [0.15, 0.2) is 36.4 Å². The number of aryl methyl sites for hydroxylation is 1. The van der Waals surface area contributed by atoms with Crippen molar-refractivity contribution in [2.75, 3.05) is 31.6 Å². The number of aromatic nitrogens is 2. The number of halogens is 1. The topological polar surface area (TPSA) is 61.0 Å². The average Bonchev–Trinajstić information content (AvgIpc) is 3.18. The Morgan fingerprint density at radius 3 is 2.82 bits per heavy atom. The summed E-state index contributed by atoms with van der Waals surface area (Å²) in [6.45, 7) is 1.86. The first-order valence-corrected chi connectivity index (χ1v) is 11.0. The summed E-state index contributed by atoms with van der Waals surface area (Å²) in [5.74, 6) is 2.47. The van der Waals surface area contributed by atoms with Crippen molar-refractivity contribution in [1.82, 2.24) is 20.4 Å². The Kier molecular flexibility index (Phi) is 9.88. The molecule has 1 aliphatic heterocycles. The van der Waals surface area contributed by atoms with Gasteiger partial charge in [0.15, 0.2) is 0 Å². The summed E-state index contributed by atoms with van der Waals surface area (Å²) >= 11 is 1.94. The van der Waals surface area contributed by atoms with E-state index < -0.39 is 0 Å². The standard InChI is InChI=1S/C21H30N4OS.ClH/c1-25(21(26)15-19-16-27-13-11-22-19)12-7-3-6-10-18-14-20(24-23-18)17-8-4-2-5-9-17;/h2,4-5,8-9,14,19,22H,3,6-7,10-13,15-16H2,1H3,(H,23,24);1H. The Morgan fingerprint density at radius 2 is 2.07 bits per heavy atom. The monoisotopic (exact) mass is 422 g/mol. The Hall–Kier alpha value is -1.50. The summed E-state index contributed by atoms with van der Waals surface area (Å²) in [6.07, 6.45) is 4.91. The molecule has 7 heteroatoms. The highest BCUT2D eigenvalue weighted by molar-refractivity contribution is 7.99. The highest BCUT2D eigenvalue weighted by Crippen LogP contribution is 2.18. The molecule has 1 aromatic heterocycles. The van der Waals surface area contributed by atoms with Gasteiger partial charge in [0, 0.05) is 55.4 Å². The lowest BCUT2D eigenvalue weighted by atomic mass is 10.1. The normalized spacial score (nSPS) is 16.4. The van der Waals surface area contributed by atoms with Crippen LogP contribution in [0.5, 0.6) is 0 Å². The van der Waals surface area contributed by atoms with Gasteiger partial charge in [0.05, 0.1) is 5.69 Å². The zero-order valence-electron chi connectivity index (χ0n) is 16.5. The number of benzene rings is 1. The summed E-state index contributed by atoms with van der Waals surface area (Å²) in [6, 6.07) is 12.7. The van der Waals surface area contributed by atoms with Crippen molar-refractivity contribution in [2.24, 2.45) is 0 Å². The van der Waals surface area contributed by atoms with Crippen molar-refractivity contribution < 1.29 is 4.79 Å². The van der Waals surface area contributed by atoms with Crippen molar-refractivity contribution in [3.05, 3.63) is 42.1 Å². The van der Waals surface area contributed by atoms with E-state index in [-0.39, 0.29) is 18.3 Å². The first kappa shape index (κ1) is 22.8. The Balaban J connectivity index is 0.00000280. The van der Waals surface area contributed by atoms with Crippen LogP contribution in [-0.4, -0.2) is 58.7 Å². The van der Waals surface area contributed by atoms with Crippen LogP contribution in [0, 0.1) is 0 Å². The van der Waals surface area contributed by atoms with Gasteiger partial charge in [0.25, 0.3) is 0 Å². The van der Waals surface area contributed by atoms with Crippen LogP contribution in [-0.2, 0) is 11.2 Å². The van der Waals surface area contributed by atoms with E-state index >= 15 is 0 Å². The van der Waals surface area contributed by atoms with Crippen LogP contribution in [0.25, 0.3) is 11.3 Å². The summed E-state index contributed by atoms with van der Waals surface area (Å²) in [5, 5.41) is 11.0. The van der Waals surface area contributed by atoms with Crippen molar-refractivity contribution in [1.29, 1.82) is 0 Å². The number of unbranched alkanes of at least 4 members (excludes halogenated alkanes) is 2. The van der Waals surface area contributed by atoms with Crippen molar-refractivity contribution in [3.63, 3.8) is 0 Å². The van der Waals surface area contributed by atoms with Crippen LogP contribution in [0.1, 0.15) is 31.4 Å². The number of aromatic amines is 1. The van der Waals surface area contributed by atoms with Gasteiger partial charge >= 0.3 is 0 Å². The van der Waals surface area contributed by atoms with Crippen LogP contribution in [0.4, 0.5) is 0 Å². The molecule has 1 fully saturated rings. The molecule has 2 heterocycles. The highest BCUT2D eigenvalue weighted by atomic mass is 35.5. The molecule has 28 heavy (non-hydrogen) atoms. The number of nitrogens with one attached hydrogen (secondary N) is 2. The molecule has 1 saturated heterocycles. The molecule has 0 aliphatic carbocycles. The van der Waals surface area contributed by atoms with E-state index in [2.05, 4.69) is 33.7 Å². The number of H-pyrrole nitrogens is 1. The van der Waals surface area contributed by atoms with Crippen LogP contribution in [0.2, 0.25) is 0 Å². The molecule has 2 aromatic rings. The molecule has 2 N–H and O–H groups in total. The van der Waals surface area contributed by atoms with Crippen molar-refractivity contribution in [2.45, 2.75) is 38.1 Å².